The smallest absolute Gasteiger partial charge is 0.0998 e. The topological polar surface area (TPSA) is 27.0 Å². The summed E-state index contributed by atoms with van der Waals surface area (Å²) in [5.41, 5.74) is 6.52. The Morgan fingerprint density at radius 3 is 2.52 bits per heavy atom. The largest absolute Gasteiger partial charge is 0.363 e. The molecule has 0 bridgehead atoms. The molecule has 0 aliphatic carbocycles. The van der Waals surface area contributed by atoms with Crippen LogP contribution >= 0.6 is 0 Å². The first kappa shape index (κ1) is 17.0. The maximum Gasteiger partial charge on any atom is 0.0998 e. The Balaban J connectivity index is 2.07. The van der Waals surface area contributed by atoms with Gasteiger partial charge in [0.1, 0.15) is 0 Å². The number of likely N-dealkylation sites (N-methyl/N-ethyl adjacent to an activating group) is 1. The standard InChI is InChI=1S/C23H24N2/c1-5-25-22-12-11-18(14-21(22)17(2)15-23(25,3)4)13-20(16-24)19-9-7-6-8-10-19/h6-15H,5H2,1-4H3/b20-13+. The molecule has 0 spiro atoms. The van der Waals surface area contributed by atoms with Gasteiger partial charge in [0, 0.05) is 17.8 Å². The van der Waals surface area contributed by atoms with Crippen molar-refractivity contribution in [1.29, 1.82) is 5.26 Å². The van der Waals surface area contributed by atoms with Gasteiger partial charge in [-0.2, -0.15) is 5.26 Å². The second kappa shape index (κ2) is 6.61. The highest BCUT2D eigenvalue weighted by Gasteiger charge is 2.29. The lowest BCUT2D eigenvalue weighted by atomic mass is 9.88. The third kappa shape index (κ3) is 3.23. The molecular weight excluding hydrogens is 304 g/mol. The quantitative estimate of drug-likeness (QED) is 0.528. The molecule has 2 aromatic rings. The molecule has 2 nitrogen and oxygen atoms in total. The Labute approximate surface area is 150 Å². The molecule has 126 valence electrons. The summed E-state index contributed by atoms with van der Waals surface area (Å²) in [6.45, 7) is 9.83. The molecule has 0 radical (unpaired) electrons. The van der Waals surface area contributed by atoms with Crippen LogP contribution in [-0.2, 0) is 0 Å². The van der Waals surface area contributed by atoms with E-state index in [0.29, 0.717) is 5.57 Å². The summed E-state index contributed by atoms with van der Waals surface area (Å²) in [6, 6.07) is 18.6. The zero-order valence-corrected chi connectivity index (χ0v) is 15.4. The van der Waals surface area contributed by atoms with E-state index in [0.717, 1.165) is 17.7 Å². The Bertz CT molecular complexity index is 880. The molecule has 1 aliphatic rings. The van der Waals surface area contributed by atoms with Crippen molar-refractivity contribution in [2.24, 2.45) is 0 Å². The molecule has 1 aliphatic heterocycles. The van der Waals surface area contributed by atoms with Gasteiger partial charge in [-0.05, 0) is 62.6 Å². The van der Waals surface area contributed by atoms with Gasteiger partial charge in [-0.25, -0.2) is 0 Å². The predicted octanol–water partition coefficient (Wildman–Crippen LogP) is 5.77. The van der Waals surface area contributed by atoms with E-state index in [-0.39, 0.29) is 5.54 Å². The SMILES string of the molecule is CCN1c2ccc(/C=C(\C#N)c3ccccc3)cc2C(C)=CC1(C)C. The van der Waals surface area contributed by atoms with Gasteiger partial charge in [0.05, 0.1) is 17.2 Å². The molecule has 3 rings (SSSR count). The summed E-state index contributed by atoms with van der Waals surface area (Å²) in [6.07, 6.45) is 4.30. The van der Waals surface area contributed by atoms with Gasteiger partial charge in [0.25, 0.3) is 0 Å². The number of hydrogen-bond acceptors (Lipinski definition) is 2. The lowest BCUT2D eigenvalue weighted by Gasteiger charge is -2.42. The van der Waals surface area contributed by atoms with Gasteiger partial charge in [0.2, 0.25) is 0 Å². The van der Waals surface area contributed by atoms with Crippen molar-refractivity contribution in [3.8, 4) is 6.07 Å². The van der Waals surface area contributed by atoms with Crippen molar-refractivity contribution >= 4 is 22.9 Å². The Morgan fingerprint density at radius 2 is 1.88 bits per heavy atom. The summed E-state index contributed by atoms with van der Waals surface area (Å²) in [5.74, 6) is 0. The average Bonchev–Trinajstić information content (AvgIpc) is 2.60. The first-order chi connectivity index (χ1) is 12.0. The summed E-state index contributed by atoms with van der Waals surface area (Å²) in [4.78, 5) is 2.42. The monoisotopic (exact) mass is 328 g/mol. The van der Waals surface area contributed by atoms with Crippen molar-refractivity contribution in [3.63, 3.8) is 0 Å². The van der Waals surface area contributed by atoms with Crippen LogP contribution in [0.2, 0.25) is 0 Å². The first-order valence-corrected chi connectivity index (χ1v) is 8.75. The van der Waals surface area contributed by atoms with Crippen LogP contribution < -0.4 is 4.90 Å². The number of nitriles is 1. The third-order valence-electron chi connectivity index (χ3n) is 4.83. The van der Waals surface area contributed by atoms with Gasteiger partial charge in [-0.15, -0.1) is 0 Å². The second-order valence-electron chi connectivity index (χ2n) is 7.04. The fourth-order valence-corrected chi connectivity index (χ4v) is 3.73. The summed E-state index contributed by atoms with van der Waals surface area (Å²) >= 11 is 0. The molecule has 0 saturated carbocycles. The molecule has 25 heavy (non-hydrogen) atoms. The molecule has 0 atom stereocenters. The van der Waals surface area contributed by atoms with Crippen LogP contribution in [0.4, 0.5) is 5.69 Å². The molecule has 0 amide bonds. The van der Waals surface area contributed by atoms with Gasteiger partial charge in [-0.3, -0.25) is 0 Å². The molecule has 0 N–H and O–H groups in total. The van der Waals surface area contributed by atoms with Crippen LogP contribution in [0, 0.1) is 11.3 Å². The van der Waals surface area contributed by atoms with Gasteiger partial charge < -0.3 is 4.90 Å². The highest BCUT2D eigenvalue weighted by Crippen LogP contribution is 2.39. The van der Waals surface area contributed by atoms with E-state index in [2.05, 4.69) is 62.9 Å². The number of benzene rings is 2. The Hall–Kier alpha value is -2.79. The minimum Gasteiger partial charge on any atom is -0.363 e. The van der Waals surface area contributed by atoms with E-state index in [9.17, 15) is 5.26 Å². The normalized spacial score (nSPS) is 16.0. The fourth-order valence-electron chi connectivity index (χ4n) is 3.73. The van der Waals surface area contributed by atoms with Crippen molar-refractivity contribution in [1.82, 2.24) is 0 Å². The maximum absolute atomic E-state index is 9.54. The van der Waals surface area contributed by atoms with Gasteiger partial charge in [0.15, 0.2) is 0 Å². The maximum atomic E-state index is 9.54. The molecule has 2 heteroatoms. The number of rotatable bonds is 3. The summed E-state index contributed by atoms with van der Waals surface area (Å²) < 4.78 is 0. The van der Waals surface area contributed by atoms with Crippen LogP contribution in [0.15, 0.2) is 54.6 Å². The summed E-state index contributed by atoms with van der Waals surface area (Å²) in [7, 11) is 0. The lowest BCUT2D eigenvalue weighted by Crippen LogP contribution is -2.44. The Morgan fingerprint density at radius 1 is 1.16 bits per heavy atom. The number of fused-ring (bicyclic) bond motifs is 1. The zero-order chi connectivity index (χ0) is 18.0. The van der Waals surface area contributed by atoms with E-state index in [4.69, 9.17) is 0 Å². The molecule has 0 fully saturated rings. The molecular formula is C23H24N2. The van der Waals surface area contributed by atoms with Crippen molar-refractivity contribution in [3.05, 3.63) is 71.3 Å². The van der Waals surface area contributed by atoms with E-state index in [1.165, 1.54) is 16.8 Å². The molecule has 0 saturated heterocycles. The molecule has 1 heterocycles. The first-order valence-electron chi connectivity index (χ1n) is 8.75. The van der Waals surface area contributed by atoms with Crippen molar-refractivity contribution in [2.75, 3.05) is 11.4 Å². The van der Waals surface area contributed by atoms with Crippen LogP contribution in [0.3, 0.4) is 0 Å². The minimum absolute atomic E-state index is 0.0189. The van der Waals surface area contributed by atoms with Crippen molar-refractivity contribution in [2.45, 2.75) is 33.2 Å². The molecule has 2 aromatic carbocycles. The zero-order valence-electron chi connectivity index (χ0n) is 15.4. The van der Waals surface area contributed by atoms with Crippen LogP contribution in [0.5, 0.6) is 0 Å². The average molecular weight is 328 g/mol. The van der Waals surface area contributed by atoms with E-state index >= 15 is 0 Å². The number of anilines is 1. The van der Waals surface area contributed by atoms with E-state index in [1.54, 1.807) is 0 Å². The lowest BCUT2D eigenvalue weighted by molar-refractivity contribution is 0.566. The molecule has 0 unspecified atom stereocenters. The Kier molecular flexibility index (Phi) is 4.51. The van der Waals surface area contributed by atoms with E-state index in [1.807, 2.05) is 36.4 Å². The number of hydrogen-bond donors (Lipinski definition) is 0. The van der Waals surface area contributed by atoms with Crippen LogP contribution in [-0.4, -0.2) is 12.1 Å². The van der Waals surface area contributed by atoms with Crippen molar-refractivity contribution < 1.29 is 0 Å². The fraction of sp³-hybridized carbons (Fsp3) is 0.261. The number of allylic oxidation sites excluding steroid dienone is 2. The minimum atomic E-state index is 0.0189. The number of nitrogens with zero attached hydrogens (tertiary/aromatic N) is 2. The van der Waals surface area contributed by atoms with E-state index < -0.39 is 0 Å². The molecule has 0 aromatic heterocycles. The predicted molar refractivity (Wildman–Crippen MR) is 107 cm³/mol. The van der Waals surface area contributed by atoms with Gasteiger partial charge in [-0.1, -0.05) is 42.5 Å². The van der Waals surface area contributed by atoms with Crippen LogP contribution in [0.1, 0.15) is 44.4 Å². The second-order valence-corrected chi connectivity index (χ2v) is 7.04. The van der Waals surface area contributed by atoms with Gasteiger partial charge >= 0.3 is 0 Å². The van der Waals surface area contributed by atoms with Crippen LogP contribution in [0.25, 0.3) is 17.2 Å². The highest BCUT2D eigenvalue weighted by molar-refractivity contribution is 5.91. The highest BCUT2D eigenvalue weighted by atomic mass is 15.2. The summed E-state index contributed by atoms with van der Waals surface area (Å²) in [5, 5.41) is 9.54. The third-order valence-corrected chi connectivity index (χ3v) is 4.83.